The highest BCUT2D eigenvalue weighted by Crippen LogP contribution is 2.37. The Morgan fingerprint density at radius 1 is 1.00 bits per heavy atom. The Bertz CT molecular complexity index is 2040. The molecular weight excluding hydrogens is 580 g/mol. The van der Waals surface area contributed by atoms with Crippen LogP contribution >= 0.6 is 23.2 Å². The Morgan fingerprint density at radius 2 is 1.81 bits per heavy atom. The second-order valence-corrected chi connectivity index (χ2v) is 10.1. The van der Waals surface area contributed by atoms with Crippen molar-refractivity contribution in [3.63, 3.8) is 0 Å². The van der Waals surface area contributed by atoms with Gasteiger partial charge in [0.15, 0.2) is 17.3 Å². The maximum absolute atomic E-state index is 14.1. The van der Waals surface area contributed by atoms with E-state index in [1.165, 1.54) is 17.0 Å². The topological polar surface area (TPSA) is 78.9 Å². The molecule has 0 saturated carbocycles. The Balaban J connectivity index is 1.41. The van der Waals surface area contributed by atoms with E-state index in [0.29, 0.717) is 50.8 Å². The first-order chi connectivity index (χ1) is 20.4. The molecule has 0 saturated heterocycles. The third-order valence-corrected chi connectivity index (χ3v) is 6.95. The zero-order valence-corrected chi connectivity index (χ0v) is 23.7. The second kappa shape index (κ2) is 11.7. The maximum Gasteiger partial charge on any atom is 0.282 e. The van der Waals surface area contributed by atoms with Crippen molar-refractivity contribution in [3.8, 4) is 23.1 Å². The van der Waals surface area contributed by atoms with E-state index in [-0.39, 0.29) is 34.6 Å². The lowest BCUT2D eigenvalue weighted by molar-refractivity contribution is 0.266. The van der Waals surface area contributed by atoms with E-state index in [0.717, 1.165) is 5.39 Å². The van der Waals surface area contributed by atoms with Crippen molar-refractivity contribution >= 4 is 51.3 Å². The molecule has 10 heteroatoms. The molecule has 0 fully saturated rings. The molecule has 7 nitrogen and oxygen atoms in total. The van der Waals surface area contributed by atoms with Crippen LogP contribution in [0, 0.1) is 5.82 Å². The predicted octanol–water partition coefficient (Wildman–Crippen LogP) is 8.12. The first-order valence-corrected chi connectivity index (χ1v) is 13.7. The van der Waals surface area contributed by atoms with Crippen LogP contribution in [-0.4, -0.2) is 22.5 Å². The van der Waals surface area contributed by atoms with Crippen LogP contribution in [0.4, 0.5) is 4.39 Å². The summed E-state index contributed by atoms with van der Waals surface area (Å²) in [4.78, 5) is 18.3. The van der Waals surface area contributed by atoms with Gasteiger partial charge in [0.1, 0.15) is 18.0 Å². The molecule has 6 rings (SSSR count). The average molecular weight is 602 g/mol. The monoisotopic (exact) mass is 601 g/mol. The van der Waals surface area contributed by atoms with Crippen molar-refractivity contribution < 1.29 is 18.3 Å². The van der Waals surface area contributed by atoms with Crippen LogP contribution in [0.1, 0.15) is 18.1 Å². The van der Waals surface area contributed by atoms with Gasteiger partial charge >= 0.3 is 0 Å². The van der Waals surface area contributed by atoms with Gasteiger partial charge in [-0.25, -0.2) is 9.37 Å². The number of benzene rings is 4. The Hall–Kier alpha value is -4.66. The molecule has 0 radical (unpaired) electrons. The van der Waals surface area contributed by atoms with Crippen LogP contribution in [0.25, 0.3) is 33.5 Å². The van der Waals surface area contributed by atoms with E-state index in [1.54, 1.807) is 78.9 Å². The minimum Gasteiger partial charge on any atom is -0.490 e. The van der Waals surface area contributed by atoms with Crippen LogP contribution in [-0.2, 0) is 6.61 Å². The molecule has 6 aromatic rings. The maximum atomic E-state index is 14.1. The molecule has 4 aromatic carbocycles. The van der Waals surface area contributed by atoms with Gasteiger partial charge in [0.05, 0.1) is 28.7 Å². The summed E-state index contributed by atoms with van der Waals surface area (Å²) in [6.45, 7) is 2.12. The van der Waals surface area contributed by atoms with Crippen LogP contribution in [0.15, 0.2) is 99.2 Å². The molecule has 0 unspecified atom stereocenters. The molecule has 0 aliphatic heterocycles. The lowest BCUT2D eigenvalue weighted by Gasteiger charge is -2.15. The summed E-state index contributed by atoms with van der Waals surface area (Å²) in [6, 6.07) is 23.6. The minimum absolute atomic E-state index is 0.0376. The summed E-state index contributed by atoms with van der Waals surface area (Å²) in [5.41, 5.74) is 1.62. The highest BCUT2D eigenvalue weighted by Gasteiger charge is 2.18. The fraction of sp³-hybridized carbons (Fsp3) is 0.0938. The van der Waals surface area contributed by atoms with Crippen molar-refractivity contribution in [2.24, 2.45) is 5.10 Å². The van der Waals surface area contributed by atoms with Crippen molar-refractivity contribution in [2.75, 3.05) is 6.61 Å². The first kappa shape index (κ1) is 27.5. The lowest BCUT2D eigenvalue weighted by atomic mass is 10.2. The van der Waals surface area contributed by atoms with Crippen LogP contribution in [0.5, 0.6) is 11.5 Å². The number of para-hydroxylation sites is 1. The van der Waals surface area contributed by atoms with Gasteiger partial charge in [0.2, 0.25) is 5.82 Å². The minimum atomic E-state index is -0.383. The number of hydrogen-bond acceptors (Lipinski definition) is 6. The van der Waals surface area contributed by atoms with Crippen LogP contribution in [0.3, 0.4) is 0 Å². The summed E-state index contributed by atoms with van der Waals surface area (Å²) in [5, 5.41) is 6.43. The van der Waals surface area contributed by atoms with Crippen molar-refractivity contribution in [1.29, 1.82) is 0 Å². The molecule has 0 amide bonds. The van der Waals surface area contributed by atoms with Gasteiger partial charge in [-0.05, 0) is 67.1 Å². The summed E-state index contributed by atoms with van der Waals surface area (Å²) in [7, 11) is 0. The lowest BCUT2D eigenvalue weighted by Crippen LogP contribution is -2.20. The Morgan fingerprint density at radius 3 is 2.64 bits per heavy atom. The van der Waals surface area contributed by atoms with E-state index in [4.69, 9.17) is 42.1 Å². The van der Waals surface area contributed by atoms with E-state index in [1.807, 2.05) is 6.92 Å². The molecular formula is C32H22Cl2FN3O4. The third kappa shape index (κ3) is 5.46. The quantitative estimate of drug-likeness (QED) is 0.165. The normalized spacial score (nSPS) is 11.5. The highest BCUT2D eigenvalue weighted by molar-refractivity contribution is 6.32. The van der Waals surface area contributed by atoms with Gasteiger partial charge in [-0.2, -0.15) is 9.78 Å². The van der Waals surface area contributed by atoms with Gasteiger partial charge in [0.25, 0.3) is 5.56 Å². The summed E-state index contributed by atoms with van der Waals surface area (Å²) in [6.07, 6.45) is 1.47. The number of halogens is 3. The van der Waals surface area contributed by atoms with Gasteiger partial charge in [0, 0.05) is 16.0 Å². The fourth-order valence-corrected chi connectivity index (χ4v) is 4.92. The average Bonchev–Trinajstić information content (AvgIpc) is 3.40. The number of nitrogens with zero attached hydrogens (tertiary/aromatic N) is 3. The van der Waals surface area contributed by atoms with Crippen molar-refractivity contribution in [1.82, 2.24) is 9.66 Å². The standard InChI is InChI=1S/C32H22Cl2FN3O4/c1-2-40-28-14-19(13-24(34)30(28)41-18-20-7-3-5-9-25(20)35)17-36-38-31(37-26-10-6-4-8-23(26)32(38)39)29-16-21-15-22(33)11-12-27(21)42-29/h3-17H,2,18H2,1H3. The number of rotatable bonds is 8. The molecule has 0 bridgehead atoms. The predicted molar refractivity (Wildman–Crippen MR) is 163 cm³/mol. The third-order valence-electron chi connectivity index (χ3n) is 6.44. The van der Waals surface area contributed by atoms with Gasteiger partial charge in [-0.1, -0.05) is 53.5 Å². The molecule has 210 valence electrons. The van der Waals surface area contributed by atoms with E-state index in [9.17, 15) is 9.18 Å². The highest BCUT2D eigenvalue weighted by atomic mass is 35.5. The molecule has 0 aliphatic carbocycles. The van der Waals surface area contributed by atoms with E-state index in [2.05, 4.69) is 5.10 Å². The van der Waals surface area contributed by atoms with Gasteiger partial charge < -0.3 is 13.9 Å². The number of aromatic nitrogens is 2. The first-order valence-electron chi connectivity index (χ1n) is 13.0. The van der Waals surface area contributed by atoms with E-state index >= 15 is 0 Å². The Labute approximate surface area is 249 Å². The molecule has 0 spiro atoms. The molecule has 2 aromatic heterocycles. The number of fused-ring (bicyclic) bond motifs is 2. The molecule has 0 N–H and O–H groups in total. The zero-order valence-electron chi connectivity index (χ0n) is 22.2. The molecule has 42 heavy (non-hydrogen) atoms. The number of ether oxygens (including phenoxy) is 2. The largest absolute Gasteiger partial charge is 0.490 e. The van der Waals surface area contributed by atoms with E-state index < -0.39 is 0 Å². The molecule has 0 atom stereocenters. The van der Waals surface area contributed by atoms with Crippen molar-refractivity contribution in [2.45, 2.75) is 13.5 Å². The summed E-state index contributed by atoms with van der Waals surface area (Å²) < 4.78 is 33.0. The van der Waals surface area contributed by atoms with Crippen LogP contribution in [0.2, 0.25) is 10.0 Å². The zero-order chi connectivity index (χ0) is 29.2. The SMILES string of the molecule is CCOc1cc(C=Nn2c(-c3cc4cc(Cl)ccc4o3)nc3ccccc3c2=O)cc(Cl)c1OCc1ccccc1F. The second-order valence-electron chi connectivity index (χ2n) is 9.25. The summed E-state index contributed by atoms with van der Waals surface area (Å²) >= 11 is 12.7. The number of furan rings is 1. The molecule has 0 aliphatic rings. The summed E-state index contributed by atoms with van der Waals surface area (Å²) in [5.74, 6) is 0.791. The smallest absolute Gasteiger partial charge is 0.282 e. The molecule has 2 heterocycles. The van der Waals surface area contributed by atoms with Crippen molar-refractivity contribution in [3.05, 3.63) is 122 Å². The van der Waals surface area contributed by atoms with Crippen LogP contribution < -0.4 is 15.0 Å². The Kier molecular flexibility index (Phi) is 7.65. The fourth-order valence-electron chi connectivity index (χ4n) is 4.47. The van der Waals surface area contributed by atoms with Gasteiger partial charge in [-0.15, -0.1) is 0 Å². The van der Waals surface area contributed by atoms with Gasteiger partial charge in [-0.3, -0.25) is 4.79 Å². The number of hydrogen-bond donors (Lipinski definition) is 0.